The summed E-state index contributed by atoms with van der Waals surface area (Å²) in [6.07, 6.45) is 1.92. The Hall–Kier alpha value is -1.13. The molecule has 0 radical (unpaired) electrons. The highest BCUT2D eigenvalue weighted by Gasteiger charge is 2.18. The molecule has 0 aliphatic carbocycles. The Labute approximate surface area is 123 Å². The van der Waals surface area contributed by atoms with E-state index in [1.807, 2.05) is 25.4 Å². The van der Waals surface area contributed by atoms with Crippen molar-refractivity contribution < 1.29 is 0 Å². The summed E-state index contributed by atoms with van der Waals surface area (Å²) in [4.78, 5) is 8.00. The fourth-order valence-electron chi connectivity index (χ4n) is 2.17. The van der Waals surface area contributed by atoms with Crippen LogP contribution in [-0.2, 0) is 0 Å². The first-order valence-electron chi connectivity index (χ1n) is 6.57. The third kappa shape index (κ3) is 3.45. The molecule has 0 spiro atoms. The van der Waals surface area contributed by atoms with Crippen molar-refractivity contribution in [1.82, 2.24) is 15.3 Å². The van der Waals surface area contributed by atoms with E-state index in [9.17, 15) is 0 Å². The zero-order valence-electron chi connectivity index (χ0n) is 11.6. The maximum Gasteiger partial charge on any atom is 0.111 e. The van der Waals surface area contributed by atoms with E-state index < -0.39 is 0 Å². The van der Waals surface area contributed by atoms with Crippen molar-refractivity contribution in [3.05, 3.63) is 40.8 Å². The number of imidazole rings is 1. The van der Waals surface area contributed by atoms with Gasteiger partial charge in [-0.2, -0.15) is 0 Å². The number of aromatic nitrogens is 2. The van der Waals surface area contributed by atoms with Gasteiger partial charge in [0.25, 0.3) is 0 Å². The Morgan fingerprint density at radius 1 is 1.26 bits per heavy atom. The van der Waals surface area contributed by atoms with Crippen LogP contribution in [0.3, 0.4) is 0 Å². The van der Waals surface area contributed by atoms with Crippen molar-refractivity contribution in [3.8, 4) is 11.3 Å². The highest BCUT2D eigenvalue weighted by molar-refractivity contribution is 9.10. The van der Waals surface area contributed by atoms with Crippen molar-refractivity contribution in [2.45, 2.75) is 19.8 Å². The van der Waals surface area contributed by atoms with Gasteiger partial charge in [0.2, 0.25) is 0 Å². The van der Waals surface area contributed by atoms with Gasteiger partial charge in [0.15, 0.2) is 0 Å². The summed E-state index contributed by atoms with van der Waals surface area (Å²) >= 11 is 3.45. The maximum atomic E-state index is 4.55. The van der Waals surface area contributed by atoms with E-state index >= 15 is 0 Å². The summed E-state index contributed by atoms with van der Waals surface area (Å²) in [5.41, 5.74) is 2.23. The fourth-order valence-corrected chi connectivity index (χ4v) is 2.43. The Morgan fingerprint density at radius 2 is 1.95 bits per heavy atom. The summed E-state index contributed by atoms with van der Waals surface area (Å²) in [5.74, 6) is 2.02. The Balaban J connectivity index is 2.24. The molecule has 1 aromatic carbocycles. The average Bonchev–Trinajstić information content (AvgIpc) is 2.85. The molecular formula is C15H20BrN3. The van der Waals surface area contributed by atoms with E-state index in [2.05, 4.69) is 57.2 Å². The SMILES string of the molecule is CNCC(c1ncc(-c2ccc(Br)cc2)[nH]1)C(C)C. The van der Waals surface area contributed by atoms with Gasteiger partial charge in [-0.15, -0.1) is 0 Å². The second-order valence-electron chi connectivity index (χ2n) is 5.10. The normalized spacial score (nSPS) is 12.9. The number of H-pyrrole nitrogens is 1. The number of rotatable bonds is 5. The molecule has 0 fully saturated rings. The van der Waals surface area contributed by atoms with Gasteiger partial charge in [0.05, 0.1) is 11.9 Å². The first kappa shape index (κ1) is 14.3. The molecule has 1 aromatic heterocycles. The zero-order valence-corrected chi connectivity index (χ0v) is 13.2. The molecule has 19 heavy (non-hydrogen) atoms. The lowest BCUT2D eigenvalue weighted by Crippen LogP contribution is -2.22. The molecular weight excluding hydrogens is 302 g/mol. The van der Waals surface area contributed by atoms with Crippen LogP contribution in [0.15, 0.2) is 34.9 Å². The average molecular weight is 322 g/mol. The number of benzene rings is 1. The van der Waals surface area contributed by atoms with Crippen molar-refractivity contribution in [2.24, 2.45) is 5.92 Å². The lowest BCUT2D eigenvalue weighted by atomic mass is 9.95. The van der Waals surface area contributed by atoms with E-state index in [0.717, 1.165) is 28.1 Å². The lowest BCUT2D eigenvalue weighted by Gasteiger charge is -2.17. The zero-order chi connectivity index (χ0) is 13.8. The third-order valence-corrected chi connectivity index (χ3v) is 3.86. The monoisotopic (exact) mass is 321 g/mol. The number of aromatic amines is 1. The van der Waals surface area contributed by atoms with E-state index in [0.29, 0.717) is 11.8 Å². The molecule has 2 rings (SSSR count). The van der Waals surface area contributed by atoms with Crippen molar-refractivity contribution in [3.63, 3.8) is 0 Å². The van der Waals surface area contributed by atoms with Crippen molar-refractivity contribution >= 4 is 15.9 Å². The number of nitrogens with zero attached hydrogens (tertiary/aromatic N) is 1. The highest BCUT2D eigenvalue weighted by atomic mass is 79.9. The van der Waals surface area contributed by atoms with Gasteiger partial charge in [-0.25, -0.2) is 4.98 Å². The van der Waals surface area contributed by atoms with Crippen molar-refractivity contribution in [2.75, 3.05) is 13.6 Å². The molecule has 1 heterocycles. The Bertz CT molecular complexity index is 516. The predicted molar refractivity (Wildman–Crippen MR) is 83.2 cm³/mol. The number of hydrogen-bond acceptors (Lipinski definition) is 2. The van der Waals surface area contributed by atoms with Crippen molar-refractivity contribution in [1.29, 1.82) is 0 Å². The largest absolute Gasteiger partial charge is 0.342 e. The minimum atomic E-state index is 0.411. The van der Waals surface area contributed by atoms with E-state index in [4.69, 9.17) is 0 Å². The molecule has 2 aromatic rings. The molecule has 4 heteroatoms. The summed E-state index contributed by atoms with van der Waals surface area (Å²) < 4.78 is 1.09. The van der Waals surface area contributed by atoms with Gasteiger partial charge in [-0.3, -0.25) is 0 Å². The van der Waals surface area contributed by atoms with Gasteiger partial charge in [0, 0.05) is 16.9 Å². The molecule has 0 aliphatic rings. The minimum absolute atomic E-state index is 0.411. The standard InChI is InChI=1S/C15H20BrN3/c1-10(2)13(8-17-3)15-18-9-14(19-15)11-4-6-12(16)7-5-11/h4-7,9-10,13,17H,8H2,1-3H3,(H,18,19). The van der Waals surface area contributed by atoms with Gasteiger partial charge in [-0.05, 0) is 30.7 Å². The van der Waals surface area contributed by atoms with E-state index in [1.54, 1.807) is 0 Å². The molecule has 0 saturated carbocycles. The molecule has 0 saturated heterocycles. The van der Waals surface area contributed by atoms with Crippen LogP contribution in [0, 0.1) is 5.92 Å². The second kappa shape index (κ2) is 6.35. The molecule has 102 valence electrons. The first-order chi connectivity index (χ1) is 9.11. The molecule has 2 N–H and O–H groups in total. The Morgan fingerprint density at radius 3 is 2.53 bits per heavy atom. The smallest absolute Gasteiger partial charge is 0.111 e. The molecule has 1 atom stereocenters. The maximum absolute atomic E-state index is 4.55. The number of nitrogens with one attached hydrogen (secondary N) is 2. The highest BCUT2D eigenvalue weighted by Crippen LogP contribution is 2.25. The number of halogens is 1. The Kier molecular flexibility index (Phi) is 4.77. The molecule has 0 aliphatic heterocycles. The molecule has 0 amide bonds. The summed E-state index contributed by atoms with van der Waals surface area (Å²) in [7, 11) is 1.98. The van der Waals surface area contributed by atoms with Gasteiger partial charge in [0.1, 0.15) is 5.82 Å². The molecule has 1 unspecified atom stereocenters. The fraction of sp³-hybridized carbons (Fsp3) is 0.400. The van der Waals surface area contributed by atoms with Crippen LogP contribution >= 0.6 is 15.9 Å². The van der Waals surface area contributed by atoms with Crippen LogP contribution in [0.4, 0.5) is 0 Å². The lowest BCUT2D eigenvalue weighted by molar-refractivity contribution is 0.461. The van der Waals surface area contributed by atoms with Crippen LogP contribution in [0.1, 0.15) is 25.6 Å². The molecule has 3 nitrogen and oxygen atoms in total. The van der Waals surface area contributed by atoms with Crippen LogP contribution in [0.2, 0.25) is 0 Å². The second-order valence-corrected chi connectivity index (χ2v) is 6.01. The number of hydrogen-bond donors (Lipinski definition) is 2. The predicted octanol–water partition coefficient (Wildman–Crippen LogP) is 3.80. The van der Waals surface area contributed by atoms with Gasteiger partial charge < -0.3 is 10.3 Å². The summed E-state index contributed by atoms with van der Waals surface area (Å²) in [6.45, 7) is 5.39. The minimum Gasteiger partial charge on any atom is -0.342 e. The quantitative estimate of drug-likeness (QED) is 0.879. The van der Waals surface area contributed by atoms with Gasteiger partial charge in [-0.1, -0.05) is 41.9 Å². The van der Waals surface area contributed by atoms with Crippen LogP contribution in [0.5, 0.6) is 0 Å². The van der Waals surface area contributed by atoms with Crippen LogP contribution in [-0.4, -0.2) is 23.6 Å². The summed E-state index contributed by atoms with van der Waals surface area (Å²) in [6, 6.07) is 8.26. The topological polar surface area (TPSA) is 40.7 Å². The molecule has 0 bridgehead atoms. The van der Waals surface area contributed by atoms with E-state index in [1.165, 1.54) is 0 Å². The number of likely N-dealkylation sites (N-methyl/N-ethyl adjacent to an activating group) is 1. The first-order valence-corrected chi connectivity index (χ1v) is 7.36. The third-order valence-electron chi connectivity index (χ3n) is 3.33. The van der Waals surface area contributed by atoms with Gasteiger partial charge >= 0.3 is 0 Å². The van der Waals surface area contributed by atoms with E-state index in [-0.39, 0.29) is 0 Å². The van der Waals surface area contributed by atoms with Crippen LogP contribution < -0.4 is 5.32 Å². The van der Waals surface area contributed by atoms with Crippen LogP contribution in [0.25, 0.3) is 11.3 Å². The summed E-state index contributed by atoms with van der Waals surface area (Å²) in [5, 5.41) is 3.24.